The van der Waals surface area contributed by atoms with Crippen molar-refractivity contribution in [1.29, 1.82) is 0 Å². The van der Waals surface area contributed by atoms with Gasteiger partial charge in [-0.15, -0.1) is 0 Å². The zero-order valence-corrected chi connectivity index (χ0v) is 10.4. The first-order valence-electron chi connectivity index (χ1n) is 6.35. The van der Waals surface area contributed by atoms with Crippen molar-refractivity contribution >= 4 is 5.91 Å². The van der Waals surface area contributed by atoms with Crippen LogP contribution in [0.15, 0.2) is 0 Å². The van der Waals surface area contributed by atoms with Gasteiger partial charge in [-0.05, 0) is 26.2 Å². The number of aliphatic hydroxyl groups is 1. The van der Waals surface area contributed by atoms with Crippen molar-refractivity contribution in [3.63, 3.8) is 0 Å². The number of aliphatic hydroxyl groups excluding tert-OH is 1. The second-order valence-corrected chi connectivity index (χ2v) is 5.35. The van der Waals surface area contributed by atoms with Crippen molar-refractivity contribution in [2.45, 2.75) is 38.3 Å². The molecular weight excluding hydrogens is 220 g/mol. The van der Waals surface area contributed by atoms with Gasteiger partial charge in [-0.1, -0.05) is 0 Å². The summed E-state index contributed by atoms with van der Waals surface area (Å²) < 4.78 is 5.33. The Balaban J connectivity index is 2.08. The Morgan fingerprint density at radius 2 is 2.41 bits per heavy atom. The predicted octanol–water partition coefficient (Wildman–Crippen LogP) is -0.276. The largest absolute Gasteiger partial charge is 0.396 e. The van der Waals surface area contributed by atoms with Crippen molar-refractivity contribution in [2.24, 2.45) is 11.1 Å². The number of hydrogen-bond donors (Lipinski definition) is 2. The van der Waals surface area contributed by atoms with Crippen LogP contribution in [0.4, 0.5) is 0 Å². The summed E-state index contributed by atoms with van der Waals surface area (Å²) in [5.74, 6) is 0.0958. The number of ether oxygens (including phenoxy) is 1. The van der Waals surface area contributed by atoms with Gasteiger partial charge in [-0.25, -0.2) is 0 Å². The van der Waals surface area contributed by atoms with E-state index in [-0.39, 0.29) is 24.6 Å². The molecule has 0 radical (unpaired) electrons. The van der Waals surface area contributed by atoms with Crippen LogP contribution < -0.4 is 5.73 Å². The highest BCUT2D eigenvalue weighted by Gasteiger charge is 2.48. The molecule has 0 aromatic carbocycles. The Labute approximate surface area is 102 Å². The molecule has 2 saturated heterocycles. The number of carbonyl (C=O) groups is 1. The van der Waals surface area contributed by atoms with E-state index in [0.29, 0.717) is 19.6 Å². The van der Waals surface area contributed by atoms with Gasteiger partial charge in [0.1, 0.15) is 0 Å². The molecule has 2 aliphatic heterocycles. The molecule has 2 fully saturated rings. The second-order valence-electron chi connectivity index (χ2n) is 5.35. The normalized spacial score (nSPS) is 37.7. The summed E-state index contributed by atoms with van der Waals surface area (Å²) in [6.07, 6.45) is 2.67. The van der Waals surface area contributed by atoms with E-state index in [0.717, 1.165) is 19.4 Å². The molecule has 2 heterocycles. The van der Waals surface area contributed by atoms with E-state index in [2.05, 4.69) is 0 Å². The molecule has 0 aromatic rings. The fraction of sp³-hybridized carbons (Fsp3) is 0.917. The molecule has 17 heavy (non-hydrogen) atoms. The lowest BCUT2D eigenvalue weighted by atomic mass is 9.84. The highest BCUT2D eigenvalue weighted by molar-refractivity contribution is 5.84. The summed E-state index contributed by atoms with van der Waals surface area (Å²) in [5.41, 5.74) is 5.39. The Kier molecular flexibility index (Phi) is 3.70. The second kappa shape index (κ2) is 4.92. The van der Waals surface area contributed by atoms with Crippen LogP contribution in [-0.2, 0) is 9.53 Å². The molecule has 0 aliphatic carbocycles. The maximum absolute atomic E-state index is 12.5. The van der Waals surface area contributed by atoms with Gasteiger partial charge in [-0.2, -0.15) is 0 Å². The number of nitrogens with zero attached hydrogens (tertiary/aromatic N) is 1. The third-order valence-electron chi connectivity index (χ3n) is 4.11. The molecule has 2 rings (SSSR count). The molecule has 0 spiro atoms. The van der Waals surface area contributed by atoms with Crippen molar-refractivity contribution in [2.75, 3.05) is 26.4 Å². The molecule has 0 saturated carbocycles. The number of carbonyl (C=O) groups excluding carboxylic acids is 1. The molecule has 3 N–H and O–H groups in total. The minimum atomic E-state index is -0.585. The van der Waals surface area contributed by atoms with E-state index < -0.39 is 5.41 Å². The number of rotatable bonds is 3. The standard InChI is InChI=1S/C12H22N2O3/c1-12(8-17-7-10(12)13)11(16)14-5-2-3-9(14)4-6-15/h9-10,15H,2-8,13H2,1H3. The Morgan fingerprint density at radius 3 is 3.00 bits per heavy atom. The van der Waals surface area contributed by atoms with Crippen molar-refractivity contribution < 1.29 is 14.6 Å². The van der Waals surface area contributed by atoms with Crippen LogP contribution >= 0.6 is 0 Å². The quantitative estimate of drug-likeness (QED) is 0.714. The van der Waals surface area contributed by atoms with Crippen molar-refractivity contribution in [1.82, 2.24) is 4.90 Å². The van der Waals surface area contributed by atoms with Crippen LogP contribution in [0.5, 0.6) is 0 Å². The SMILES string of the molecule is CC1(C(=O)N2CCCC2CCO)COCC1N. The maximum Gasteiger partial charge on any atom is 0.232 e. The average molecular weight is 242 g/mol. The first kappa shape index (κ1) is 12.8. The number of amides is 1. The molecule has 3 unspecified atom stereocenters. The lowest BCUT2D eigenvalue weighted by Gasteiger charge is -2.34. The Hall–Kier alpha value is -0.650. The predicted molar refractivity (Wildman–Crippen MR) is 63.3 cm³/mol. The minimum absolute atomic E-state index is 0.0958. The average Bonchev–Trinajstić information content (AvgIpc) is 2.88. The van der Waals surface area contributed by atoms with E-state index in [1.165, 1.54) is 0 Å². The summed E-state index contributed by atoms with van der Waals surface area (Å²) in [7, 11) is 0. The summed E-state index contributed by atoms with van der Waals surface area (Å²) >= 11 is 0. The Bertz CT molecular complexity index is 297. The monoisotopic (exact) mass is 242 g/mol. The summed E-state index contributed by atoms with van der Waals surface area (Å²) in [5, 5.41) is 9.02. The van der Waals surface area contributed by atoms with Crippen LogP contribution in [0, 0.1) is 5.41 Å². The third kappa shape index (κ3) is 2.19. The molecule has 3 atom stereocenters. The lowest BCUT2D eigenvalue weighted by molar-refractivity contribution is -0.142. The van der Waals surface area contributed by atoms with Crippen LogP contribution in [-0.4, -0.2) is 54.4 Å². The highest BCUT2D eigenvalue weighted by Crippen LogP contribution is 2.33. The van der Waals surface area contributed by atoms with Crippen molar-refractivity contribution in [3.8, 4) is 0 Å². The topological polar surface area (TPSA) is 75.8 Å². The first-order chi connectivity index (χ1) is 8.09. The third-order valence-corrected chi connectivity index (χ3v) is 4.11. The van der Waals surface area contributed by atoms with E-state index in [4.69, 9.17) is 15.6 Å². The van der Waals surface area contributed by atoms with Gasteiger partial charge >= 0.3 is 0 Å². The Morgan fingerprint density at radius 1 is 1.65 bits per heavy atom. The van der Waals surface area contributed by atoms with E-state index in [1.807, 2.05) is 11.8 Å². The molecule has 2 aliphatic rings. The number of likely N-dealkylation sites (tertiary alicyclic amines) is 1. The molecule has 5 nitrogen and oxygen atoms in total. The molecule has 0 bridgehead atoms. The van der Waals surface area contributed by atoms with Crippen LogP contribution in [0.2, 0.25) is 0 Å². The van der Waals surface area contributed by atoms with Gasteiger partial charge in [0.15, 0.2) is 0 Å². The van der Waals surface area contributed by atoms with E-state index >= 15 is 0 Å². The fourth-order valence-corrected chi connectivity index (χ4v) is 2.79. The minimum Gasteiger partial charge on any atom is -0.396 e. The van der Waals surface area contributed by atoms with Crippen LogP contribution in [0.3, 0.4) is 0 Å². The zero-order valence-electron chi connectivity index (χ0n) is 10.4. The molecular formula is C12H22N2O3. The van der Waals surface area contributed by atoms with Gasteiger partial charge in [0.25, 0.3) is 0 Å². The summed E-state index contributed by atoms with van der Waals surface area (Å²) in [6.45, 7) is 3.68. The molecule has 1 amide bonds. The van der Waals surface area contributed by atoms with Crippen LogP contribution in [0.1, 0.15) is 26.2 Å². The lowest BCUT2D eigenvalue weighted by Crippen LogP contribution is -2.52. The van der Waals surface area contributed by atoms with Gasteiger partial charge in [0.2, 0.25) is 5.91 Å². The molecule has 5 heteroatoms. The summed E-state index contributed by atoms with van der Waals surface area (Å²) in [4.78, 5) is 14.4. The van der Waals surface area contributed by atoms with E-state index in [1.54, 1.807) is 0 Å². The first-order valence-corrected chi connectivity index (χ1v) is 6.35. The van der Waals surface area contributed by atoms with Crippen LogP contribution in [0.25, 0.3) is 0 Å². The maximum atomic E-state index is 12.5. The van der Waals surface area contributed by atoms with Gasteiger partial charge in [0, 0.05) is 25.2 Å². The zero-order chi connectivity index (χ0) is 12.5. The molecule has 98 valence electrons. The fourth-order valence-electron chi connectivity index (χ4n) is 2.79. The van der Waals surface area contributed by atoms with Gasteiger partial charge in [0.05, 0.1) is 18.6 Å². The number of nitrogens with two attached hydrogens (primary N) is 1. The molecule has 0 aromatic heterocycles. The summed E-state index contributed by atoms with van der Waals surface area (Å²) in [6, 6.07) is -0.0394. The highest BCUT2D eigenvalue weighted by atomic mass is 16.5. The smallest absolute Gasteiger partial charge is 0.232 e. The van der Waals surface area contributed by atoms with E-state index in [9.17, 15) is 4.79 Å². The number of hydrogen-bond acceptors (Lipinski definition) is 4. The van der Waals surface area contributed by atoms with Gasteiger partial charge in [-0.3, -0.25) is 4.79 Å². The van der Waals surface area contributed by atoms with Crippen molar-refractivity contribution in [3.05, 3.63) is 0 Å². The van der Waals surface area contributed by atoms with Gasteiger partial charge < -0.3 is 20.5 Å².